The molecule has 0 aliphatic heterocycles. The lowest BCUT2D eigenvalue weighted by Crippen LogP contribution is -2.38. The number of ketones is 1. The highest BCUT2D eigenvalue weighted by atomic mass is 19.1. The van der Waals surface area contributed by atoms with Crippen molar-refractivity contribution in [3.8, 4) is 5.75 Å². The van der Waals surface area contributed by atoms with Gasteiger partial charge in [-0.2, -0.15) is 0 Å². The predicted octanol–water partition coefficient (Wildman–Crippen LogP) is 1.81. The van der Waals surface area contributed by atoms with E-state index in [0.717, 1.165) is 6.08 Å². The Morgan fingerprint density at radius 3 is 2.12 bits per heavy atom. The average Bonchev–Trinajstić information content (AvgIpc) is 2.66. The van der Waals surface area contributed by atoms with E-state index in [1.54, 1.807) is 24.3 Å². The van der Waals surface area contributed by atoms with Crippen molar-refractivity contribution in [1.82, 2.24) is 10.6 Å². The van der Waals surface area contributed by atoms with E-state index in [1.165, 1.54) is 24.3 Å². The maximum Gasteiger partial charge on any atom is 0.259 e. The molecule has 0 aliphatic rings. The normalized spacial score (nSPS) is 9.88. The van der Waals surface area contributed by atoms with Gasteiger partial charge < -0.3 is 15.4 Å². The molecule has 2 aromatic carbocycles. The molecule has 0 atom stereocenters. The Morgan fingerprint density at radius 1 is 0.962 bits per heavy atom. The summed E-state index contributed by atoms with van der Waals surface area (Å²) in [5, 5.41) is 4.84. The van der Waals surface area contributed by atoms with Crippen molar-refractivity contribution in [2.75, 3.05) is 13.3 Å². The van der Waals surface area contributed by atoms with Gasteiger partial charge in [0.15, 0.2) is 12.4 Å². The first-order chi connectivity index (χ1) is 12.5. The maximum absolute atomic E-state index is 12.9. The molecule has 0 aliphatic carbocycles. The Balaban J connectivity index is 1.84. The summed E-state index contributed by atoms with van der Waals surface area (Å²) >= 11 is 0. The molecule has 0 saturated carbocycles. The lowest BCUT2D eigenvalue weighted by molar-refractivity contribution is -0.123. The van der Waals surface area contributed by atoms with E-state index in [0.29, 0.717) is 16.9 Å². The highest BCUT2D eigenvalue weighted by Gasteiger charge is 2.09. The molecule has 2 aromatic rings. The third kappa shape index (κ3) is 5.55. The third-order valence-electron chi connectivity index (χ3n) is 3.33. The molecule has 26 heavy (non-hydrogen) atoms. The van der Waals surface area contributed by atoms with E-state index in [1.807, 2.05) is 0 Å². The van der Waals surface area contributed by atoms with Crippen molar-refractivity contribution in [2.45, 2.75) is 0 Å². The van der Waals surface area contributed by atoms with Crippen molar-refractivity contribution in [1.29, 1.82) is 0 Å². The van der Waals surface area contributed by atoms with E-state index in [2.05, 4.69) is 17.2 Å². The minimum atomic E-state index is -0.416. The number of carbonyl (C=O) groups excluding carboxylic acids is 3. The topological polar surface area (TPSA) is 84.5 Å². The molecule has 0 aromatic heterocycles. The van der Waals surface area contributed by atoms with Gasteiger partial charge in [-0.05, 0) is 54.6 Å². The van der Waals surface area contributed by atoms with Crippen LogP contribution in [0.2, 0.25) is 0 Å². The molecule has 2 amide bonds. The first-order valence-corrected chi connectivity index (χ1v) is 7.69. The number of hydrogen-bond donors (Lipinski definition) is 2. The van der Waals surface area contributed by atoms with E-state index in [4.69, 9.17) is 4.74 Å². The van der Waals surface area contributed by atoms with Crippen LogP contribution in [0.3, 0.4) is 0 Å². The van der Waals surface area contributed by atoms with Crippen LogP contribution in [0.5, 0.6) is 5.75 Å². The van der Waals surface area contributed by atoms with Crippen LogP contribution in [0.1, 0.15) is 15.9 Å². The number of carbonyl (C=O) groups is 3. The van der Waals surface area contributed by atoms with Crippen molar-refractivity contribution >= 4 is 17.6 Å². The Hall–Kier alpha value is -3.48. The van der Waals surface area contributed by atoms with Gasteiger partial charge in [0.05, 0.1) is 6.67 Å². The van der Waals surface area contributed by atoms with Gasteiger partial charge in [0.1, 0.15) is 11.6 Å². The Morgan fingerprint density at radius 2 is 1.54 bits per heavy atom. The average molecular weight is 356 g/mol. The summed E-state index contributed by atoms with van der Waals surface area (Å²) in [4.78, 5) is 34.8. The lowest BCUT2D eigenvalue weighted by atomic mass is 10.0. The lowest BCUT2D eigenvalue weighted by Gasteiger charge is -2.08. The predicted molar refractivity (Wildman–Crippen MR) is 93.1 cm³/mol. The largest absolute Gasteiger partial charge is 0.484 e. The smallest absolute Gasteiger partial charge is 0.259 e. The number of amides is 2. The standard InChI is InChI=1S/C19H17FN2O4/c1-2-17(23)21-12-22-18(24)11-26-16-9-5-14(6-10-16)19(25)13-3-7-15(20)8-4-13/h2-10H,1,11-12H2,(H,21,23)(H,22,24). The van der Waals surface area contributed by atoms with Gasteiger partial charge in [0, 0.05) is 11.1 Å². The van der Waals surface area contributed by atoms with Crippen LogP contribution in [-0.4, -0.2) is 30.9 Å². The summed E-state index contributed by atoms with van der Waals surface area (Å²) < 4.78 is 18.2. The first kappa shape index (κ1) is 18.9. The maximum atomic E-state index is 12.9. The number of halogens is 1. The number of ether oxygens (including phenoxy) is 1. The molecule has 7 heteroatoms. The minimum Gasteiger partial charge on any atom is -0.484 e. The Kier molecular flexibility index (Phi) is 6.61. The van der Waals surface area contributed by atoms with E-state index >= 15 is 0 Å². The van der Waals surface area contributed by atoms with E-state index in [-0.39, 0.29) is 19.1 Å². The van der Waals surface area contributed by atoms with Gasteiger partial charge in [0.2, 0.25) is 5.91 Å². The van der Waals surface area contributed by atoms with Gasteiger partial charge in [-0.15, -0.1) is 0 Å². The minimum absolute atomic E-state index is 0.0296. The summed E-state index contributed by atoms with van der Waals surface area (Å²) in [5.41, 5.74) is 0.793. The molecule has 2 rings (SSSR count). The zero-order valence-electron chi connectivity index (χ0n) is 13.8. The molecule has 0 fully saturated rings. The van der Waals surface area contributed by atoms with Gasteiger partial charge >= 0.3 is 0 Å². The second kappa shape index (κ2) is 9.12. The molecular formula is C19H17FN2O4. The molecule has 0 heterocycles. The Bertz CT molecular complexity index is 801. The molecular weight excluding hydrogens is 339 g/mol. The van der Waals surface area contributed by atoms with Crippen molar-refractivity contribution in [3.63, 3.8) is 0 Å². The second-order valence-corrected chi connectivity index (χ2v) is 5.17. The van der Waals surface area contributed by atoms with Gasteiger partial charge in [-0.25, -0.2) is 4.39 Å². The molecule has 0 saturated heterocycles. The molecule has 2 N–H and O–H groups in total. The quantitative estimate of drug-likeness (QED) is 0.429. The fourth-order valence-corrected chi connectivity index (χ4v) is 1.97. The third-order valence-corrected chi connectivity index (χ3v) is 3.33. The van der Waals surface area contributed by atoms with Crippen molar-refractivity contribution < 1.29 is 23.5 Å². The van der Waals surface area contributed by atoms with Crippen LogP contribution < -0.4 is 15.4 Å². The number of hydrogen-bond acceptors (Lipinski definition) is 4. The summed E-state index contributed by atoms with van der Waals surface area (Å²) in [5.74, 6) is -1.06. The Labute approximate surface area is 149 Å². The number of rotatable bonds is 8. The van der Waals surface area contributed by atoms with E-state index < -0.39 is 17.6 Å². The summed E-state index contributed by atoms with van der Waals surface area (Å²) in [6.45, 7) is 3.02. The molecule has 6 nitrogen and oxygen atoms in total. The van der Waals surface area contributed by atoms with Gasteiger partial charge in [0.25, 0.3) is 5.91 Å². The summed E-state index contributed by atoms with van der Waals surface area (Å²) in [7, 11) is 0. The SMILES string of the molecule is C=CC(=O)NCNC(=O)COc1ccc(C(=O)c2ccc(F)cc2)cc1. The van der Waals surface area contributed by atoms with Crippen LogP contribution in [0.25, 0.3) is 0 Å². The van der Waals surface area contributed by atoms with Crippen LogP contribution in [0, 0.1) is 5.82 Å². The summed E-state index contributed by atoms with van der Waals surface area (Å²) in [6, 6.07) is 11.5. The van der Waals surface area contributed by atoms with Crippen molar-refractivity contribution in [3.05, 3.63) is 78.1 Å². The summed E-state index contributed by atoms with van der Waals surface area (Å²) in [6.07, 6.45) is 1.09. The molecule has 0 spiro atoms. The second-order valence-electron chi connectivity index (χ2n) is 5.17. The number of benzene rings is 2. The molecule has 0 radical (unpaired) electrons. The molecule has 134 valence electrons. The van der Waals surface area contributed by atoms with E-state index in [9.17, 15) is 18.8 Å². The van der Waals surface area contributed by atoms with Crippen LogP contribution in [-0.2, 0) is 9.59 Å². The van der Waals surface area contributed by atoms with Crippen LogP contribution in [0.15, 0.2) is 61.2 Å². The highest BCUT2D eigenvalue weighted by Crippen LogP contribution is 2.15. The van der Waals surface area contributed by atoms with Crippen LogP contribution >= 0.6 is 0 Å². The first-order valence-electron chi connectivity index (χ1n) is 7.69. The van der Waals surface area contributed by atoms with Gasteiger partial charge in [-0.3, -0.25) is 14.4 Å². The molecule has 0 unspecified atom stereocenters. The zero-order chi connectivity index (χ0) is 18.9. The fourth-order valence-electron chi connectivity index (χ4n) is 1.97. The highest BCUT2D eigenvalue weighted by molar-refractivity contribution is 6.09. The van der Waals surface area contributed by atoms with Crippen molar-refractivity contribution in [2.24, 2.45) is 0 Å². The number of nitrogens with one attached hydrogen (secondary N) is 2. The van der Waals surface area contributed by atoms with Crippen LogP contribution in [0.4, 0.5) is 4.39 Å². The van der Waals surface area contributed by atoms with Gasteiger partial charge in [-0.1, -0.05) is 6.58 Å². The monoisotopic (exact) mass is 356 g/mol. The zero-order valence-corrected chi connectivity index (χ0v) is 13.8. The molecule has 0 bridgehead atoms. The fraction of sp³-hybridized carbons (Fsp3) is 0.105.